The number of nitrogens with one attached hydrogen (secondary N) is 1. The van der Waals surface area contributed by atoms with Crippen LogP contribution in [-0.2, 0) is 11.3 Å². The van der Waals surface area contributed by atoms with Gasteiger partial charge in [0.1, 0.15) is 5.52 Å². The molecule has 0 radical (unpaired) electrons. The maximum Gasteiger partial charge on any atom is 0.295 e. The smallest absolute Gasteiger partial charge is 0.295 e. The average Bonchev–Trinajstić information content (AvgIpc) is 2.88. The topological polar surface area (TPSA) is 80.1 Å². The van der Waals surface area contributed by atoms with Crippen LogP contribution in [0.2, 0.25) is 0 Å². The molecule has 0 aliphatic carbocycles. The lowest BCUT2D eigenvalue weighted by atomic mass is 9.96. The van der Waals surface area contributed by atoms with Gasteiger partial charge < -0.3 is 10.2 Å². The maximum absolute atomic E-state index is 13.8. The summed E-state index contributed by atoms with van der Waals surface area (Å²) in [6, 6.07) is 16.0. The lowest BCUT2D eigenvalue weighted by molar-refractivity contribution is -0.120. The van der Waals surface area contributed by atoms with Crippen LogP contribution in [0.5, 0.6) is 0 Å². The van der Waals surface area contributed by atoms with Crippen LogP contribution < -0.4 is 15.8 Å². The summed E-state index contributed by atoms with van der Waals surface area (Å²) in [5, 5.41) is 3.16. The zero-order chi connectivity index (χ0) is 26.1. The van der Waals surface area contributed by atoms with Gasteiger partial charge in [0.15, 0.2) is 11.5 Å². The van der Waals surface area contributed by atoms with Gasteiger partial charge in [-0.2, -0.15) is 0 Å². The van der Waals surface area contributed by atoms with E-state index in [2.05, 4.69) is 29.4 Å². The predicted octanol–water partition coefficient (Wildman–Crippen LogP) is 4.93. The first-order chi connectivity index (χ1) is 17.8. The van der Waals surface area contributed by atoms with E-state index in [1.807, 2.05) is 62.1 Å². The van der Waals surface area contributed by atoms with Gasteiger partial charge in [0, 0.05) is 25.0 Å². The average molecular weight is 496 g/mol. The van der Waals surface area contributed by atoms with Crippen molar-refractivity contribution in [2.45, 2.75) is 47.1 Å². The largest absolute Gasteiger partial charge is 0.351 e. The van der Waals surface area contributed by atoms with Crippen LogP contribution in [0.3, 0.4) is 0 Å². The highest BCUT2D eigenvalue weighted by Gasteiger charge is 2.29. The second-order valence-electron chi connectivity index (χ2n) is 10.2. The maximum atomic E-state index is 13.8. The van der Waals surface area contributed by atoms with E-state index in [4.69, 9.17) is 4.98 Å². The summed E-state index contributed by atoms with van der Waals surface area (Å²) in [4.78, 5) is 38.3. The zero-order valence-electron chi connectivity index (χ0n) is 21.9. The molecule has 190 valence electrons. The van der Waals surface area contributed by atoms with Crippen molar-refractivity contribution in [2.24, 2.45) is 5.92 Å². The van der Waals surface area contributed by atoms with Gasteiger partial charge >= 0.3 is 0 Å². The molecule has 5 rings (SSSR count). The van der Waals surface area contributed by atoms with Gasteiger partial charge in [-0.3, -0.25) is 14.2 Å². The summed E-state index contributed by atoms with van der Waals surface area (Å²) in [6.45, 7) is 9.69. The second-order valence-corrected chi connectivity index (χ2v) is 10.2. The van der Waals surface area contributed by atoms with Crippen molar-refractivity contribution in [3.05, 3.63) is 92.9 Å². The molecule has 1 saturated heterocycles. The minimum Gasteiger partial charge on any atom is -0.351 e. The number of pyridine rings is 1. The number of carbonyl (C=O) groups excluding carboxylic acids is 1. The van der Waals surface area contributed by atoms with Crippen molar-refractivity contribution in [1.29, 1.82) is 0 Å². The summed E-state index contributed by atoms with van der Waals surface area (Å²) in [6.07, 6.45) is 3.28. The molecule has 0 unspecified atom stereocenters. The Bertz CT molecular complexity index is 1500. The monoisotopic (exact) mass is 495 g/mol. The van der Waals surface area contributed by atoms with E-state index in [0.717, 1.165) is 35.2 Å². The minimum atomic E-state index is -0.231. The molecule has 1 fully saturated rings. The van der Waals surface area contributed by atoms with Crippen molar-refractivity contribution in [2.75, 3.05) is 23.3 Å². The Balaban J connectivity index is 1.44. The van der Waals surface area contributed by atoms with Crippen LogP contribution in [-0.4, -0.2) is 33.5 Å². The lowest BCUT2D eigenvalue weighted by Crippen LogP contribution is -2.44. The van der Waals surface area contributed by atoms with Gasteiger partial charge in [0.05, 0.1) is 12.5 Å². The third kappa shape index (κ3) is 5.12. The first kappa shape index (κ1) is 24.7. The Morgan fingerprint density at radius 3 is 2.49 bits per heavy atom. The first-order valence-corrected chi connectivity index (χ1v) is 12.8. The Kier molecular flexibility index (Phi) is 6.78. The van der Waals surface area contributed by atoms with Crippen LogP contribution in [0.4, 0.5) is 11.5 Å². The second kappa shape index (κ2) is 10.2. The Morgan fingerprint density at radius 1 is 1.03 bits per heavy atom. The van der Waals surface area contributed by atoms with Crippen LogP contribution in [0.1, 0.15) is 40.7 Å². The fraction of sp³-hybridized carbons (Fsp3) is 0.333. The van der Waals surface area contributed by atoms with E-state index in [0.29, 0.717) is 36.6 Å². The van der Waals surface area contributed by atoms with Gasteiger partial charge in [0.2, 0.25) is 5.91 Å². The number of rotatable bonds is 5. The van der Waals surface area contributed by atoms with E-state index in [1.165, 1.54) is 11.1 Å². The highest BCUT2D eigenvalue weighted by molar-refractivity contribution is 5.94. The Labute approximate surface area is 217 Å². The highest BCUT2D eigenvalue weighted by Crippen LogP contribution is 2.26. The molecule has 0 saturated carbocycles. The van der Waals surface area contributed by atoms with Crippen molar-refractivity contribution in [1.82, 2.24) is 14.5 Å². The van der Waals surface area contributed by atoms with E-state index >= 15 is 0 Å². The normalized spacial score (nSPS) is 15.7. The summed E-state index contributed by atoms with van der Waals surface area (Å²) in [5.41, 5.74) is 7.41. The first-order valence-electron chi connectivity index (χ1n) is 12.8. The van der Waals surface area contributed by atoms with E-state index in [9.17, 15) is 9.59 Å². The van der Waals surface area contributed by atoms with Crippen molar-refractivity contribution in [3.8, 4) is 0 Å². The molecular weight excluding hydrogens is 462 g/mol. The molecule has 3 heterocycles. The number of carbonyl (C=O) groups is 1. The molecule has 7 heteroatoms. The van der Waals surface area contributed by atoms with Crippen LogP contribution in [0.15, 0.2) is 59.5 Å². The Morgan fingerprint density at radius 2 is 1.76 bits per heavy atom. The summed E-state index contributed by atoms with van der Waals surface area (Å²) < 4.78 is 1.70. The highest BCUT2D eigenvalue weighted by atomic mass is 16.2. The molecule has 1 aliphatic heterocycles. The number of aryl methyl sites for hydroxylation is 4. The summed E-state index contributed by atoms with van der Waals surface area (Å²) in [5.74, 6) is 0.139. The standard InChI is InChI=1S/C30H33N5O2/c1-19-9-11-23(12-10-19)17-35-27-25(8-5-13-31-27)32-28(30(35)37)34-14-6-7-24(18-34)29(36)33-26-21(3)15-20(2)16-22(26)4/h5,8-13,15-16,24H,6-7,14,17-18H2,1-4H3,(H,33,36)/t24-/m1/s1. The molecule has 37 heavy (non-hydrogen) atoms. The molecule has 1 amide bonds. The molecule has 1 N–H and O–H groups in total. The molecule has 1 atom stereocenters. The SMILES string of the molecule is Cc1ccc(Cn2c(=O)c(N3CCC[C@@H](C(=O)Nc4c(C)cc(C)cc4C)C3)nc3cccnc32)cc1. The van der Waals surface area contributed by atoms with Gasteiger partial charge in [-0.1, -0.05) is 47.5 Å². The molecule has 0 bridgehead atoms. The fourth-order valence-electron chi connectivity index (χ4n) is 5.28. The number of amides is 1. The molecule has 2 aromatic heterocycles. The van der Waals surface area contributed by atoms with Crippen molar-refractivity contribution in [3.63, 3.8) is 0 Å². The van der Waals surface area contributed by atoms with Crippen molar-refractivity contribution < 1.29 is 4.79 Å². The van der Waals surface area contributed by atoms with Gasteiger partial charge in [-0.25, -0.2) is 9.97 Å². The van der Waals surface area contributed by atoms with Crippen LogP contribution in [0.25, 0.3) is 11.2 Å². The predicted molar refractivity (Wildman–Crippen MR) is 148 cm³/mol. The number of fused-ring (bicyclic) bond motifs is 1. The molecule has 1 aliphatic rings. The van der Waals surface area contributed by atoms with Gasteiger partial charge in [0.25, 0.3) is 5.56 Å². The molecule has 7 nitrogen and oxygen atoms in total. The van der Waals surface area contributed by atoms with Gasteiger partial charge in [-0.15, -0.1) is 0 Å². The quantitative estimate of drug-likeness (QED) is 0.425. The third-order valence-corrected chi connectivity index (χ3v) is 7.16. The number of aromatic nitrogens is 3. The van der Waals surface area contributed by atoms with Gasteiger partial charge in [-0.05, 0) is 69.4 Å². The van der Waals surface area contributed by atoms with E-state index in [1.54, 1.807) is 10.8 Å². The van der Waals surface area contributed by atoms with E-state index in [-0.39, 0.29) is 17.4 Å². The number of piperidine rings is 1. The minimum absolute atomic E-state index is 0.0119. The molecule has 0 spiro atoms. The third-order valence-electron chi connectivity index (χ3n) is 7.16. The zero-order valence-corrected chi connectivity index (χ0v) is 21.9. The number of nitrogens with zero attached hydrogens (tertiary/aromatic N) is 4. The Hall–Kier alpha value is -4.00. The number of anilines is 2. The molecule has 4 aromatic rings. The molecular formula is C30H33N5O2. The summed E-state index contributed by atoms with van der Waals surface area (Å²) >= 11 is 0. The fourth-order valence-corrected chi connectivity index (χ4v) is 5.28. The summed E-state index contributed by atoms with van der Waals surface area (Å²) in [7, 11) is 0. The number of hydrogen-bond donors (Lipinski definition) is 1. The van der Waals surface area contributed by atoms with Crippen LogP contribution in [0, 0.1) is 33.6 Å². The van der Waals surface area contributed by atoms with Crippen LogP contribution >= 0.6 is 0 Å². The number of benzene rings is 2. The number of hydrogen-bond acceptors (Lipinski definition) is 5. The van der Waals surface area contributed by atoms with Crippen molar-refractivity contribution >= 4 is 28.6 Å². The lowest BCUT2D eigenvalue weighted by Gasteiger charge is -2.33. The molecule has 2 aromatic carbocycles. The van der Waals surface area contributed by atoms with E-state index < -0.39 is 0 Å².